The average Bonchev–Trinajstić information content (AvgIpc) is 2.21. The molecule has 0 atom stereocenters. The van der Waals surface area contributed by atoms with E-state index in [1.807, 2.05) is 0 Å². The minimum absolute atomic E-state index is 0.129. The molecule has 0 aliphatic carbocycles. The van der Waals surface area contributed by atoms with Gasteiger partial charge in [0.2, 0.25) is 0 Å². The van der Waals surface area contributed by atoms with Crippen LogP contribution in [0.5, 0.6) is 0 Å². The number of hydrogen-bond donors (Lipinski definition) is 0. The summed E-state index contributed by atoms with van der Waals surface area (Å²) in [7, 11) is 0. The van der Waals surface area contributed by atoms with Crippen molar-refractivity contribution in [3.8, 4) is 0 Å². The average molecular weight is 393 g/mol. The van der Waals surface area contributed by atoms with Crippen LogP contribution in [0.2, 0.25) is 0 Å². The molecule has 1 rings (SSSR count). The summed E-state index contributed by atoms with van der Waals surface area (Å²) in [5, 5.41) is 0.450. The Kier molecular flexibility index (Phi) is 6.07. The lowest BCUT2D eigenvalue weighted by molar-refractivity contribution is -0.146. The van der Waals surface area contributed by atoms with E-state index in [1.54, 1.807) is 0 Å². The summed E-state index contributed by atoms with van der Waals surface area (Å²) in [5.74, 6) is -0.429. The Morgan fingerprint density at radius 2 is 1.89 bits per heavy atom. The highest BCUT2D eigenvalue weighted by atomic mass is 79.9. The predicted molar refractivity (Wildman–Crippen MR) is 69.2 cm³/mol. The fourth-order valence-electron chi connectivity index (χ4n) is 1.48. The number of alkyl halides is 4. The summed E-state index contributed by atoms with van der Waals surface area (Å²) < 4.78 is 50.3. The molecule has 0 bridgehead atoms. The van der Waals surface area contributed by atoms with Gasteiger partial charge in [-0.15, -0.1) is 0 Å². The van der Waals surface area contributed by atoms with E-state index < -0.39 is 18.5 Å². The van der Waals surface area contributed by atoms with Crippen molar-refractivity contribution < 1.29 is 17.6 Å². The van der Waals surface area contributed by atoms with E-state index in [1.165, 1.54) is 23.1 Å². The quantitative estimate of drug-likeness (QED) is 0.532. The maximum atomic E-state index is 13.0. The number of nitrogens with zero attached hydrogens (tertiary/aromatic N) is 1. The van der Waals surface area contributed by atoms with E-state index in [2.05, 4.69) is 31.9 Å². The summed E-state index contributed by atoms with van der Waals surface area (Å²) in [6, 6.07) is 4.21. The van der Waals surface area contributed by atoms with Gasteiger partial charge in [0.1, 0.15) is 5.82 Å². The number of benzene rings is 1. The molecule has 0 saturated heterocycles. The molecule has 0 radical (unpaired) electrons. The Morgan fingerprint density at radius 3 is 2.39 bits per heavy atom. The van der Waals surface area contributed by atoms with Crippen LogP contribution in [0.4, 0.5) is 17.6 Å². The second-order valence-electron chi connectivity index (χ2n) is 3.76. The van der Waals surface area contributed by atoms with E-state index in [9.17, 15) is 17.6 Å². The third kappa shape index (κ3) is 5.67. The molecule has 0 aliphatic rings. The van der Waals surface area contributed by atoms with Crippen LogP contribution in [-0.4, -0.2) is 29.5 Å². The third-order valence-corrected chi connectivity index (χ3v) is 3.16. The van der Waals surface area contributed by atoms with Crippen LogP contribution in [0.15, 0.2) is 22.7 Å². The smallest absolute Gasteiger partial charge is 0.290 e. The maximum absolute atomic E-state index is 13.0. The van der Waals surface area contributed by atoms with Crippen molar-refractivity contribution in [2.24, 2.45) is 0 Å². The van der Waals surface area contributed by atoms with Gasteiger partial charge in [0.15, 0.2) is 0 Å². The van der Waals surface area contributed by atoms with Gasteiger partial charge >= 0.3 is 6.18 Å². The fraction of sp³-hybridized carbons (Fsp3) is 0.455. The summed E-state index contributed by atoms with van der Waals surface area (Å²) in [5.41, 5.74) is 0.633. The van der Waals surface area contributed by atoms with Crippen molar-refractivity contribution >= 4 is 31.9 Å². The number of halogens is 6. The molecule has 0 fully saturated rings. The fourth-order valence-corrected chi connectivity index (χ4v) is 2.41. The van der Waals surface area contributed by atoms with Crippen molar-refractivity contribution in [3.05, 3.63) is 34.1 Å². The molecular weight excluding hydrogens is 382 g/mol. The van der Waals surface area contributed by atoms with Gasteiger partial charge in [-0.3, -0.25) is 4.90 Å². The lowest BCUT2D eigenvalue weighted by Crippen LogP contribution is -2.35. The van der Waals surface area contributed by atoms with Gasteiger partial charge in [0, 0.05) is 18.4 Å². The predicted octanol–water partition coefficient (Wildman–Crippen LogP) is 4.35. The van der Waals surface area contributed by atoms with Crippen LogP contribution in [0.1, 0.15) is 5.56 Å². The highest BCUT2D eigenvalue weighted by Crippen LogP contribution is 2.21. The molecule has 0 N–H and O–H groups in total. The monoisotopic (exact) mass is 391 g/mol. The normalized spacial score (nSPS) is 12.2. The highest BCUT2D eigenvalue weighted by Gasteiger charge is 2.30. The lowest BCUT2D eigenvalue weighted by atomic mass is 10.2. The van der Waals surface area contributed by atoms with Gasteiger partial charge in [-0.05, 0) is 33.6 Å². The maximum Gasteiger partial charge on any atom is 0.401 e. The van der Waals surface area contributed by atoms with Gasteiger partial charge in [-0.25, -0.2) is 4.39 Å². The third-order valence-electron chi connectivity index (χ3n) is 2.19. The van der Waals surface area contributed by atoms with Gasteiger partial charge in [0.05, 0.1) is 11.0 Å². The first kappa shape index (κ1) is 15.9. The van der Waals surface area contributed by atoms with Crippen molar-refractivity contribution in [1.29, 1.82) is 0 Å². The molecule has 18 heavy (non-hydrogen) atoms. The second-order valence-corrected chi connectivity index (χ2v) is 5.41. The Morgan fingerprint density at radius 1 is 1.22 bits per heavy atom. The zero-order valence-electron chi connectivity index (χ0n) is 9.28. The molecule has 0 amide bonds. The van der Waals surface area contributed by atoms with E-state index in [0.717, 1.165) is 0 Å². The molecule has 0 aliphatic heterocycles. The van der Waals surface area contributed by atoms with E-state index in [-0.39, 0.29) is 17.6 Å². The summed E-state index contributed by atoms with van der Waals surface area (Å²) >= 11 is 6.13. The molecule has 1 nitrogen and oxygen atoms in total. The van der Waals surface area contributed by atoms with E-state index >= 15 is 0 Å². The summed E-state index contributed by atoms with van der Waals surface area (Å²) in [6.07, 6.45) is -4.24. The van der Waals surface area contributed by atoms with Crippen LogP contribution in [0.3, 0.4) is 0 Å². The van der Waals surface area contributed by atoms with Crippen LogP contribution in [0.25, 0.3) is 0 Å². The van der Waals surface area contributed by atoms with Crippen LogP contribution in [-0.2, 0) is 6.54 Å². The SMILES string of the molecule is Fc1ccc(CN(CCBr)CC(F)(F)F)cc1Br. The molecule has 0 saturated carbocycles. The summed E-state index contributed by atoms with van der Waals surface area (Å²) in [6.45, 7) is -0.577. The largest absolute Gasteiger partial charge is 0.401 e. The van der Waals surface area contributed by atoms with Crippen molar-refractivity contribution in [3.63, 3.8) is 0 Å². The first-order chi connectivity index (χ1) is 8.31. The standard InChI is InChI=1S/C11H11Br2F4N/c12-3-4-18(7-11(15,16)17)6-8-1-2-10(14)9(13)5-8/h1-2,5H,3-4,6-7H2. The van der Waals surface area contributed by atoms with E-state index in [4.69, 9.17) is 0 Å². The molecule has 1 aromatic rings. The first-order valence-corrected chi connectivity index (χ1v) is 7.02. The molecule has 102 valence electrons. The Hall–Kier alpha value is -0.140. The molecule has 1 aromatic carbocycles. The van der Waals surface area contributed by atoms with Gasteiger partial charge in [-0.1, -0.05) is 22.0 Å². The van der Waals surface area contributed by atoms with Crippen LogP contribution >= 0.6 is 31.9 Å². The van der Waals surface area contributed by atoms with Crippen LogP contribution < -0.4 is 0 Å². The second kappa shape index (κ2) is 6.86. The molecular formula is C11H11Br2F4N. The van der Waals surface area contributed by atoms with Gasteiger partial charge in [-0.2, -0.15) is 13.2 Å². The van der Waals surface area contributed by atoms with Gasteiger partial charge in [0.25, 0.3) is 0 Å². The molecule has 0 aromatic heterocycles. The molecule has 0 spiro atoms. The van der Waals surface area contributed by atoms with E-state index in [0.29, 0.717) is 10.9 Å². The minimum Gasteiger partial charge on any atom is -0.290 e. The summed E-state index contributed by atoms with van der Waals surface area (Å²) in [4.78, 5) is 1.26. The van der Waals surface area contributed by atoms with Crippen molar-refractivity contribution in [2.75, 3.05) is 18.4 Å². The van der Waals surface area contributed by atoms with Crippen molar-refractivity contribution in [1.82, 2.24) is 4.90 Å². The zero-order chi connectivity index (χ0) is 13.8. The van der Waals surface area contributed by atoms with Crippen molar-refractivity contribution in [2.45, 2.75) is 12.7 Å². The molecule has 7 heteroatoms. The van der Waals surface area contributed by atoms with Crippen LogP contribution in [0, 0.1) is 5.82 Å². The van der Waals surface area contributed by atoms with Gasteiger partial charge < -0.3 is 0 Å². The molecule has 0 unspecified atom stereocenters. The number of hydrogen-bond acceptors (Lipinski definition) is 1. The Balaban J connectivity index is 2.73. The number of rotatable bonds is 5. The first-order valence-electron chi connectivity index (χ1n) is 5.11. The lowest BCUT2D eigenvalue weighted by Gasteiger charge is -2.22. The highest BCUT2D eigenvalue weighted by molar-refractivity contribution is 9.10. The zero-order valence-corrected chi connectivity index (χ0v) is 12.4. The topological polar surface area (TPSA) is 3.24 Å². The minimum atomic E-state index is -4.24. The Labute approximate surface area is 119 Å². The molecule has 0 heterocycles. The Bertz CT molecular complexity index is 395.